The predicted octanol–water partition coefficient (Wildman–Crippen LogP) is 5.77. The van der Waals surface area contributed by atoms with Crippen molar-refractivity contribution in [3.8, 4) is 22.4 Å². The molecule has 6 nitrogen and oxygen atoms in total. The number of carbonyl (C=O) groups excluding carboxylic acids is 1. The van der Waals surface area contributed by atoms with Crippen molar-refractivity contribution in [2.24, 2.45) is 0 Å². The maximum absolute atomic E-state index is 10.9. The summed E-state index contributed by atoms with van der Waals surface area (Å²) in [7, 11) is 0. The van der Waals surface area contributed by atoms with Crippen molar-refractivity contribution >= 4 is 45.4 Å². The van der Waals surface area contributed by atoms with Gasteiger partial charge in [-0.15, -0.1) is 0 Å². The maximum Gasteiger partial charge on any atom is 0.166 e. The van der Waals surface area contributed by atoms with Gasteiger partial charge in [0.1, 0.15) is 17.1 Å². The van der Waals surface area contributed by atoms with E-state index in [9.17, 15) is 4.79 Å². The summed E-state index contributed by atoms with van der Waals surface area (Å²) in [5.74, 6) is 0.460. The Hall–Kier alpha value is -3.49. The summed E-state index contributed by atoms with van der Waals surface area (Å²) in [6, 6.07) is 21.3. The predicted molar refractivity (Wildman–Crippen MR) is 130 cm³/mol. The van der Waals surface area contributed by atoms with Crippen LogP contribution >= 0.6 is 27.7 Å². The fourth-order valence-corrected chi connectivity index (χ4v) is 4.62. The van der Waals surface area contributed by atoms with Gasteiger partial charge < -0.3 is 5.73 Å². The molecule has 0 aliphatic heterocycles. The third kappa shape index (κ3) is 3.79. The lowest BCUT2D eigenvalue weighted by molar-refractivity contribution is 0.112. The molecule has 2 N–H and O–H groups in total. The third-order valence-electron chi connectivity index (χ3n) is 4.97. The van der Waals surface area contributed by atoms with Crippen LogP contribution in [0.2, 0.25) is 0 Å². The zero-order chi connectivity index (χ0) is 22.1. The number of benzene rings is 2. The first-order chi connectivity index (χ1) is 15.6. The maximum atomic E-state index is 10.9. The second-order valence-electron chi connectivity index (χ2n) is 7.00. The Morgan fingerprint density at radius 2 is 1.72 bits per heavy atom. The largest absolute Gasteiger partial charge is 0.383 e. The van der Waals surface area contributed by atoms with Crippen molar-refractivity contribution in [3.05, 3.63) is 89.2 Å². The van der Waals surface area contributed by atoms with Gasteiger partial charge in [0.2, 0.25) is 0 Å². The lowest BCUT2D eigenvalue weighted by Gasteiger charge is -2.09. The van der Waals surface area contributed by atoms with E-state index < -0.39 is 0 Å². The van der Waals surface area contributed by atoms with E-state index in [1.165, 1.54) is 11.8 Å². The molecule has 0 atom stereocenters. The molecule has 0 amide bonds. The van der Waals surface area contributed by atoms with Crippen LogP contribution in [0.4, 0.5) is 5.82 Å². The number of halogens is 1. The lowest BCUT2D eigenvalue weighted by Crippen LogP contribution is -2.03. The molecule has 0 bridgehead atoms. The highest BCUT2D eigenvalue weighted by atomic mass is 79.9. The summed E-state index contributed by atoms with van der Waals surface area (Å²) in [5.41, 5.74) is 11.3. The van der Waals surface area contributed by atoms with Gasteiger partial charge in [0.05, 0.1) is 16.4 Å². The zero-order valence-electron chi connectivity index (χ0n) is 16.6. The molecule has 32 heavy (non-hydrogen) atoms. The first kappa shape index (κ1) is 20.4. The number of nitrogen functional groups attached to an aromatic ring is 1. The molecule has 0 spiro atoms. The summed E-state index contributed by atoms with van der Waals surface area (Å²) in [6.45, 7) is 0. The van der Waals surface area contributed by atoms with E-state index in [-0.39, 0.29) is 0 Å². The standard InChI is InChI=1S/C24H16BrN5OS/c25-21-22(26)30-23(29-24(21)32-18-9-6-15(14-31)7-10-18)19(13-28-30)17-8-11-20(27-12-17)16-4-2-1-3-5-16/h1-14H,26H2. The minimum atomic E-state index is 0.460. The van der Waals surface area contributed by atoms with E-state index in [0.717, 1.165) is 33.6 Å². The van der Waals surface area contributed by atoms with Gasteiger partial charge in [-0.2, -0.15) is 9.61 Å². The Bertz CT molecular complexity index is 1420. The molecule has 3 heterocycles. The number of nitrogens with zero attached hydrogens (tertiary/aromatic N) is 4. The van der Waals surface area contributed by atoms with Crippen LogP contribution in [0.25, 0.3) is 28.0 Å². The van der Waals surface area contributed by atoms with Gasteiger partial charge >= 0.3 is 0 Å². The number of pyridine rings is 1. The Morgan fingerprint density at radius 1 is 0.938 bits per heavy atom. The molecule has 0 radical (unpaired) electrons. The van der Waals surface area contributed by atoms with E-state index in [1.807, 2.05) is 60.8 Å². The van der Waals surface area contributed by atoms with Crippen LogP contribution in [0.3, 0.4) is 0 Å². The smallest absolute Gasteiger partial charge is 0.166 e. The van der Waals surface area contributed by atoms with Gasteiger partial charge in [0.25, 0.3) is 0 Å². The molecule has 5 rings (SSSR count). The van der Waals surface area contributed by atoms with Gasteiger partial charge in [0.15, 0.2) is 5.65 Å². The minimum Gasteiger partial charge on any atom is -0.383 e. The van der Waals surface area contributed by atoms with Gasteiger partial charge in [-0.25, -0.2) is 4.98 Å². The molecule has 0 unspecified atom stereocenters. The number of fused-ring (bicyclic) bond motifs is 1. The number of nitrogens with two attached hydrogens (primary N) is 1. The van der Waals surface area contributed by atoms with Crippen molar-refractivity contribution in [3.63, 3.8) is 0 Å². The van der Waals surface area contributed by atoms with Crippen molar-refractivity contribution in [1.29, 1.82) is 0 Å². The van der Waals surface area contributed by atoms with Crippen molar-refractivity contribution in [1.82, 2.24) is 19.6 Å². The molecule has 8 heteroatoms. The van der Waals surface area contributed by atoms with Crippen LogP contribution in [0.15, 0.2) is 93.5 Å². The van der Waals surface area contributed by atoms with Gasteiger partial charge in [-0.3, -0.25) is 9.78 Å². The average molecular weight is 502 g/mol. The second kappa shape index (κ2) is 8.57. The first-order valence-corrected chi connectivity index (χ1v) is 11.3. The van der Waals surface area contributed by atoms with Crippen LogP contribution in [-0.4, -0.2) is 25.9 Å². The zero-order valence-corrected chi connectivity index (χ0v) is 19.0. The molecule has 5 aromatic rings. The molecule has 0 aliphatic rings. The summed E-state index contributed by atoms with van der Waals surface area (Å²) in [5, 5.41) is 5.14. The van der Waals surface area contributed by atoms with Gasteiger partial charge in [0, 0.05) is 33.3 Å². The Labute approximate surface area is 196 Å². The molecular weight excluding hydrogens is 486 g/mol. The summed E-state index contributed by atoms with van der Waals surface area (Å²) in [6.07, 6.45) is 4.39. The van der Waals surface area contributed by atoms with Crippen LogP contribution in [0, 0.1) is 0 Å². The monoisotopic (exact) mass is 501 g/mol. The topological polar surface area (TPSA) is 86.2 Å². The highest BCUT2D eigenvalue weighted by Crippen LogP contribution is 2.37. The molecule has 2 aromatic carbocycles. The summed E-state index contributed by atoms with van der Waals surface area (Å²) < 4.78 is 2.28. The fourth-order valence-electron chi connectivity index (χ4n) is 3.30. The Kier molecular flexibility index (Phi) is 5.46. The number of aromatic nitrogens is 4. The molecule has 3 aromatic heterocycles. The number of rotatable bonds is 5. The normalized spacial score (nSPS) is 11.0. The second-order valence-corrected chi connectivity index (χ2v) is 8.85. The number of aldehydes is 1. The highest BCUT2D eigenvalue weighted by molar-refractivity contribution is 9.10. The highest BCUT2D eigenvalue weighted by Gasteiger charge is 2.17. The van der Waals surface area contributed by atoms with E-state index in [4.69, 9.17) is 10.7 Å². The molecule has 0 aliphatic carbocycles. The molecular formula is C24H16BrN5OS. The first-order valence-electron chi connectivity index (χ1n) is 9.71. The average Bonchev–Trinajstić information content (AvgIpc) is 3.27. The quantitative estimate of drug-likeness (QED) is 0.243. The Morgan fingerprint density at radius 3 is 2.41 bits per heavy atom. The number of hydrogen-bond acceptors (Lipinski definition) is 6. The minimum absolute atomic E-state index is 0.460. The van der Waals surface area contributed by atoms with Crippen LogP contribution in [0.5, 0.6) is 0 Å². The van der Waals surface area contributed by atoms with Crippen LogP contribution in [0.1, 0.15) is 10.4 Å². The lowest BCUT2D eigenvalue weighted by atomic mass is 10.1. The number of carbonyl (C=O) groups is 1. The van der Waals surface area contributed by atoms with Crippen molar-refractivity contribution in [2.75, 3.05) is 5.73 Å². The van der Waals surface area contributed by atoms with Crippen LogP contribution in [-0.2, 0) is 0 Å². The SMILES string of the molecule is Nc1c(Br)c(Sc2ccc(C=O)cc2)nc2c(-c3ccc(-c4ccccc4)nc3)cnn12. The number of anilines is 1. The van der Waals surface area contributed by atoms with E-state index in [0.29, 0.717) is 26.5 Å². The molecule has 156 valence electrons. The van der Waals surface area contributed by atoms with Crippen LogP contribution < -0.4 is 5.73 Å². The van der Waals surface area contributed by atoms with Gasteiger partial charge in [-0.1, -0.05) is 60.3 Å². The summed E-state index contributed by atoms with van der Waals surface area (Å²) in [4.78, 5) is 21.3. The summed E-state index contributed by atoms with van der Waals surface area (Å²) >= 11 is 5.01. The van der Waals surface area contributed by atoms with E-state index in [2.05, 4.69) is 26.0 Å². The van der Waals surface area contributed by atoms with Gasteiger partial charge in [-0.05, 0) is 34.1 Å². The van der Waals surface area contributed by atoms with Crippen molar-refractivity contribution < 1.29 is 4.79 Å². The van der Waals surface area contributed by atoms with Crippen molar-refractivity contribution in [2.45, 2.75) is 9.92 Å². The molecule has 0 saturated heterocycles. The third-order valence-corrected chi connectivity index (χ3v) is 7.01. The molecule has 0 saturated carbocycles. The van der Waals surface area contributed by atoms with E-state index >= 15 is 0 Å². The fraction of sp³-hybridized carbons (Fsp3) is 0. The van der Waals surface area contributed by atoms with E-state index in [1.54, 1.807) is 22.8 Å². The number of hydrogen-bond donors (Lipinski definition) is 1. The Balaban J connectivity index is 1.54. The molecule has 0 fully saturated rings.